The molecule has 0 spiro atoms. The highest BCUT2D eigenvalue weighted by Gasteiger charge is 2.27. The Hall–Kier alpha value is -2.14. The summed E-state index contributed by atoms with van der Waals surface area (Å²) in [5.41, 5.74) is 0.101. The van der Waals surface area contributed by atoms with E-state index in [1.165, 1.54) is 40.7 Å². The average Bonchev–Trinajstić information content (AvgIpc) is 3.23. The van der Waals surface area contributed by atoms with Crippen molar-refractivity contribution < 1.29 is 26.4 Å². The van der Waals surface area contributed by atoms with Crippen LogP contribution in [0.25, 0.3) is 0 Å². The zero-order valence-corrected chi connectivity index (χ0v) is 17.8. The quantitative estimate of drug-likeness (QED) is 0.666. The van der Waals surface area contributed by atoms with Gasteiger partial charge in [-0.25, -0.2) is 21.6 Å². The van der Waals surface area contributed by atoms with Crippen molar-refractivity contribution in [1.29, 1.82) is 0 Å². The molecule has 8 nitrogen and oxygen atoms in total. The van der Waals surface area contributed by atoms with E-state index >= 15 is 0 Å². The molecule has 1 aliphatic heterocycles. The molecule has 1 aliphatic rings. The van der Waals surface area contributed by atoms with Crippen LogP contribution in [0.1, 0.15) is 23.2 Å². The van der Waals surface area contributed by atoms with Crippen molar-refractivity contribution in [1.82, 2.24) is 4.31 Å². The maximum atomic E-state index is 12.6. The van der Waals surface area contributed by atoms with Gasteiger partial charge in [-0.3, -0.25) is 4.72 Å². The lowest BCUT2D eigenvalue weighted by molar-refractivity contribution is 0.0600. The van der Waals surface area contributed by atoms with Gasteiger partial charge in [0.1, 0.15) is 0 Å². The average molecular weight is 459 g/mol. The summed E-state index contributed by atoms with van der Waals surface area (Å²) >= 11 is 5.92. The molecule has 0 aliphatic carbocycles. The molecule has 0 bridgehead atoms. The Morgan fingerprint density at radius 2 is 1.59 bits per heavy atom. The fourth-order valence-corrected chi connectivity index (χ4v) is 5.72. The van der Waals surface area contributed by atoms with Crippen molar-refractivity contribution in [3.63, 3.8) is 0 Å². The molecule has 11 heteroatoms. The molecule has 1 saturated heterocycles. The van der Waals surface area contributed by atoms with Gasteiger partial charge in [-0.2, -0.15) is 4.31 Å². The summed E-state index contributed by atoms with van der Waals surface area (Å²) in [7, 11) is -6.46. The summed E-state index contributed by atoms with van der Waals surface area (Å²) in [6.07, 6.45) is 1.65. The van der Waals surface area contributed by atoms with Crippen LogP contribution in [0.5, 0.6) is 0 Å². The number of rotatable bonds is 6. The predicted molar refractivity (Wildman–Crippen MR) is 108 cm³/mol. The number of nitrogens with zero attached hydrogens (tertiary/aromatic N) is 1. The molecule has 0 saturated carbocycles. The Labute approximate surface area is 174 Å². The van der Waals surface area contributed by atoms with E-state index in [9.17, 15) is 21.6 Å². The van der Waals surface area contributed by atoms with E-state index in [1.807, 2.05) is 0 Å². The Kier molecular flexibility index (Phi) is 6.18. The largest absolute Gasteiger partial charge is 0.465 e. The fraction of sp³-hybridized carbons (Fsp3) is 0.278. The van der Waals surface area contributed by atoms with E-state index in [-0.39, 0.29) is 26.1 Å². The molecule has 0 aromatic heterocycles. The molecule has 156 valence electrons. The number of anilines is 1. The molecular weight excluding hydrogens is 440 g/mol. The van der Waals surface area contributed by atoms with E-state index < -0.39 is 26.0 Å². The molecule has 1 fully saturated rings. The first-order chi connectivity index (χ1) is 13.6. The van der Waals surface area contributed by atoms with Crippen molar-refractivity contribution in [3.8, 4) is 0 Å². The van der Waals surface area contributed by atoms with Crippen molar-refractivity contribution in [2.75, 3.05) is 24.9 Å². The number of hydrogen-bond donors (Lipinski definition) is 1. The SMILES string of the molecule is COC(=O)c1cc(S(=O)(=O)Nc2ccc(S(=O)(=O)N3CCCC3)cc2)ccc1Cl. The van der Waals surface area contributed by atoms with Crippen molar-refractivity contribution in [2.45, 2.75) is 22.6 Å². The number of sulfonamides is 2. The van der Waals surface area contributed by atoms with Crippen molar-refractivity contribution in [3.05, 3.63) is 53.1 Å². The first-order valence-corrected chi connectivity index (χ1v) is 12.0. The summed E-state index contributed by atoms with van der Waals surface area (Å²) in [4.78, 5) is 11.6. The lowest BCUT2D eigenvalue weighted by Crippen LogP contribution is -2.27. The van der Waals surface area contributed by atoms with Gasteiger partial charge in [-0.1, -0.05) is 11.6 Å². The lowest BCUT2D eigenvalue weighted by atomic mass is 10.2. The maximum absolute atomic E-state index is 12.6. The van der Waals surface area contributed by atoms with Gasteiger partial charge in [0.25, 0.3) is 10.0 Å². The van der Waals surface area contributed by atoms with Crippen LogP contribution in [-0.4, -0.2) is 47.3 Å². The molecule has 29 heavy (non-hydrogen) atoms. The molecule has 0 radical (unpaired) electrons. The molecule has 0 amide bonds. The van der Waals surface area contributed by atoms with Crippen LogP contribution in [0.2, 0.25) is 5.02 Å². The third-order valence-corrected chi connectivity index (χ3v) is 8.08. The molecule has 0 unspecified atom stereocenters. The Morgan fingerprint density at radius 1 is 1.00 bits per heavy atom. The lowest BCUT2D eigenvalue weighted by Gasteiger charge is -2.16. The van der Waals surface area contributed by atoms with Crippen LogP contribution in [-0.2, 0) is 24.8 Å². The number of halogens is 1. The van der Waals surface area contributed by atoms with Crippen LogP contribution in [0.15, 0.2) is 52.3 Å². The number of esters is 1. The van der Waals surface area contributed by atoms with Crippen LogP contribution in [0, 0.1) is 0 Å². The summed E-state index contributed by atoms with van der Waals surface area (Å²) in [5.74, 6) is -0.761. The van der Waals surface area contributed by atoms with Crippen LogP contribution >= 0.6 is 11.6 Å². The topological polar surface area (TPSA) is 110 Å². The van der Waals surface area contributed by atoms with Gasteiger partial charge in [0, 0.05) is 18.8 Å². The minimum Gasteiger partial charge on any atom is -0.465 e. The van der Waals surface area contributed by atoms with E-state index in [4.69, 9.17) is 11.6 Å². The van der Waals surface area contributed by atoms with Gasteiger partial charge >= 0.3 is 5.97 Å². The first kappa shape index (κ1) is 21.6. The van der Waals surface area contributed by atoms with Gasteiger partial charge in [-0.15, -0.1) is 0 Å². The minimum absolute atomic E-state index is 0.0623. The Bertz CT molecular complexity index is 1130. The number of ether oxygens (including phenoxy) is 1. The number of benzene rings is 2. The van der Waals surface area contributed by atoms with Crippen molar-refractivity contribution >= 4 is 43.3 Å². The van der Waals surface area contributed by atoms with E-state index in [0.29, 0.717) is 13.1 Å². The Morgan fingerprint density at radius 3 is 2.17 bits per heavy atom. The van der Waals surface area contributed by atoms with Crippen molar-refractivity contribution in [2.24, 2.45) is 0 Å². The summed E-state index contributed by atoms with van der Waals surface area (Å²) in [6.45, 7) is 0.964. The fourth-order valence-electron chi connectivity index (χ4n) is 2.92. The minimum atomic E-state index is -4.03. The zero-order chi connectivity index (χ0) is 21.2. The van der Waals surface area contributed by atoms with E-state index in [2.05, 4.69) is 9.46 Å². The van der Waals surface area contributed by atoms with Gasteiger partial charge in [0.2, 0.25) is 10.0 Å². The predicted octanol–water partition coefficient (Wildman–Crippen LogP) is 2.71. The molecule has 1 heterocycles. The highest BCUT2D eigenvalue weighted by Crippen LogP contribution is 2.25. The highest BCUT2D eigenvalue weighted by molar-refractivity contribution is 7.92. The highest BCUT2D eigenvalue weighted by atomic mass is 35.5. The summed E-state index contributed by atoms with van der Waals surface area (Å²) in [6, 6.07) is 9.11. The second kappa shape index (κ2) is 8.31. The molecular formula is C18H19ClN2O6S2. The smallest absolute Gasteiger partial charge is 0.339 e. The zero-order valence-electron chi connectivity index (χ0n) is 15.5. The number of hydrogen-bond acceptors (Lipinski definition) is 6. The monoisotopic (exact) mass is 458 g/mol. The maximum Gasteiger partial charge on any atom is 0.339 e. The second-order valence-corrected chi connectivity index (χ2v) is 10.4. The summed E-state index contributed by atoms with van der Waals surface area (Å²) in [5, 5.41) is 0.0623. The second-order valence-electron chi connectivity index (χ2n) is 6.37. The number of carbonyl (C=O) groups excluding carboxylic acids is 1. The standard InChI is InChI=1S/C18H19ClN2O6S2/c1-27-18(22)16-12-15(8-9-17(16)19)28(23,24)20-13-4-6-14(7-5-13)29(25,26)21-10-2-3-11-21/h4-9,12,20H,2-3,10-11H2,1H3. The summed E-state index contributed by atoms with van der Waals surface area (Å²) < 4.78 is 58.7. The molecule has 3 rings (SSSR count). The number of carbonyl (C=O) groups is 1. The van der Waals surface area contributed by atoms with Crippen LogP contribution in [0.4, 0.5) is 5.69 Å². The third-order valence-electron chi connectivity index (χ3n) is 4.46. The molecule has 0 atom stereocenters. The molecule has 2 aromatic carbocycles. The number of methoxy groups -OCH3 is 1. The first-order valence-electron chi connectivity index (χ1n) is 8.66. The van der Waals surface area contributed by atoms with Gasteiger partial charge in [-0.05, 0) is 55.3 Å². The van der Waals surface area contributed by atoms with E-state index in [1.54, 1.807) is 0 Å². The van der Waals surface area contributed by atoms with Gasteiger partial charge < -0.3 is 4.74 Å². The van der Waals surface area contributed by atoms with Gasteiger partial charge in [0.05, 0.1) is 27.5 Å². The van der Waals surface area contributed by atoms with E-state index in [0.717, 1.165) is 26.0 Å². The third kappa shape index (κ3) is 4.55. The number of nitrogens with one attached hydrogen (secondary N) is 1. The molecule has 2 aromatic rings. The van der Waals surface area contributed by atoms with Crippen LogP contribution in [0.3, 0.4) is 0 Å². The molecule has 1 N–H and O–H groups in total. The Balaban J connectivity index is 1.83. The normalized spacial score (nSPS) is 15.2. The van der Waals surface area contributed by atoms with Gasteiger partial charge in [0.15, 0.2) is 0 Å². The van der Waals surface area contributed by atoms with Crippen LogP contribution < -0.4 is 4.72 Å².